The average Bonchev–Trinajstić information content (AvgIpc) is 3.36. The Balaban J connectivity index is 1.58. The van der Waals surface area contributed by atoms with Crippen molar-refractivity contribution in [2.24, 2.45) is 5.92 Å². The quantitative estimate of drug-likeness (QED) is 0.681. The predicted octanol–water partition coefficient (Wildman–Crippen LogP) is 5.24. The van der Waals surface area contributed by atoms with E-state index in [0.29, 0.717) is 13.0 Å². The van der Waals surface area contributed by atoms with E-state index >= 15 is 0 Å². The smallest absolute Gasteiger partial charge is 0.306 e. The maximum absolute atomic E-state index is 11.6. The van der Waals surface area contributed by atoms with E-state index in [1.807, 2.05) is 48.6 Å². The lowest BCUT2D eigenvalue weighted by Gasteiger charge is -2.04. The fourth-order valence-electron chi connectivity index (χ4n) is 2.55. The SMILES string of the molecule is O=C(CCC1CC1)OC/C=C/c1ccc(Cl)c2ccccc12. The number of fused-ring (bicyclic) bond motifs is 1. The highest BCUT2D eigenvalue weighted by molar-refractivity contribution is 6.35. The van der Waals surface area contributed by atoms with E-state index < -0.39 is 0 Å². The molecule has 0 bridgehead atoms. The minimum atomic E-state index is -0.0995. The zero-order valence-corrected chi connectivity index (χ0v) is 13.2. The van der Waals surface area contributed by atoms with Gasteiger partial charge in [-0.15, -0.1) is 0 Å². The molecule has 0 radical (unpaired) electrons. The van der Waals surface area contributed by atoms with E-state index in [-0.39, 0.29) is 5.97 Å². The lowest BCUT2D eigenvalue weighted by atomic mass is 10.0. The van der Waals surface area contributed by atoms with E-state index in [1.165, 1.54) is 12.8 Å². The van der Waals surface area contributed by atoms with Gasteiger partial charge >= 0.3 is 5.97 Å². The van der Waals surface area contributed by atoms with Crippen LogP contribution in [-0.4, -0.2) is 12.6 Å². The zero-order chi connectivity index (χ0) is 15.4. The molecule has 22 heavy (non-hydrogen) atoms. The lowest BCUT2D eigenvalue weighted by Crippen LogP contribution is -2.04. The molecule has 0 N–H and O–H groups in total. The number of halogens is 1. The molecule has 2 aromatic carbocycles. The summed E-state index contributed by atoms with van der Waals surface area (Å²) in [5.41, 5.74) is 1.08. The Hall–Kier alpha value is -1.80. The van der Waals surface area contributed by atoms with Crippen molar-refractivity contribution in [3.8, 4) is 0 Å². The Morgan fingerprint density at radius 3 is 2.73 bits per heavy atom. The van der Waals surface area contributed by atoms with Crippen molar-refractivity contribution in [2.75, 3.05) is 6.61 Å². The highest BCUT2D eigenvalue weighted by Crippen LogP contribution is 2.33. The van der Waals surface area contributed by atoms with E-state index in [2.05, 4.69) is 0 Å². The number of benzene rings is 2. The first kappa shape index (κ1) is 15.1. The molecule has 2 aromatic rings. The number of carbonyl (C=O) groups excluding carboxylic acids is 1. The molecule has 1 saturated carbocycles. The number of ether oxygens (including phenoxy) is 1. The summed E-state index contributed by atoms with van der Waals surface area (Å²) in [6.07, 6.45) is 7.93. The number of rotatable bonds is 6. The van der Waals surface area contributed by atoms with E-state index in [1.54, 1.807) is 0 Å². The van der Waals surface area contributed by atoms with Crippen LogP contribution in [0.2, 0.25) is 5.02 Å². The molecular weight excluding hydrogens is 296 g/mol. The molecule has 0 saturated heterocycles. The molecule has 3 heteroatoms. The van der Waals surface area contributed by atoms with Crippen LogP contribution in [0.4, 0.5) is 0 Å². The molecule has 2 nitrogen and oxygen atoms in total. The molecule has 0 unspecified atom stereocenters. The van der Waals surface area contributed by atoms with Crippen LogP contribution in [0, 0.1) is 5.92 Å². The van der Waals surface area contributed by atoms with Gasteiger partial charge in [-0.2, -0.15) is 0 Å². The van der Waals surface area contributed by atoms with Gasteiger partial charge in [-0.05, 0) is 35.4 Å². The third-order valence-electron chi connectivity index (χ3n) is 4.00. The Morgan fingerprint density at radius 1 is 1.18 bits per heavy atom. The van der Waals surface area contributed by atoms with Gasteiger partial charge < -0.3 is 4.74 Å². The summed E-state index contributed by atoms with van der Waals surface area (Å²) >= 11 is 6.20. The van der Waals surface area contributed by atoms with Gasteiger partial charge in [0.15, 0.2) is 0 Å². The molecular formula is C19H19ClO2. The van der Waals surface area contributed by atoms with Crippen LogP contribution < -0.4 is 0 Å². The average molecular weight is 315 g/mol. The maximum atomic E-state index is 11.6. The summed E-state index contributed by atoms with van der Waals surface area (Å²) in [5.74, 6) is 0.668. The molecule has 0 amide bonds. The Morgan fingerprint density at radius 2 is 1.95 bits per heavy atom. The minimum Gasteiger partial charge on any atom is -0.461 e. The van der Waals surface area contributed by atoms with Crippen LogP contribution >= 0.6 is 11.6 Å². The molecule has 1 aliphatic carbocycles. The van der Waals surface area contributed by atoms with Crippen molar-refractivity contribution in [2.45, 2.75) is 25.7 Å². The summed E-state index contributed by atoms with van der Waals surface area (Å²) in [6, 6.07) is 11.9. The van der Waals surface area contributed by atoms with Crippen molar-refractivity contribution in [1.29, 1.82) is 0 Å². The van der Waals surface area contributed by atoms with Gasteiger partial charge in [0.25, 0.3) is 0 Å². The van der Waals surface area contributed by atoms with Gasteiger partial charge in [0.1, 0.15) is 6.61 Å². The number of hydrogen-bond donors (Lipinski definition) is 0. The number of hydrogen-bond acceptors (Lipinski definition) is 2. The summed E-state index contributed by atoms with van der Waals surface area (Å²) in [4.78, 5) is 11.6. The normalized spacial score (nSPS) is 14.6. The largest absolute Gasteiger partial charge is 0.461 e. The summed E-state index contributed by atoms with van der Waals surface area (Å²) in [6.45, 7) is 0.320. The highest BCUT2D eigenvalue weighted by Gasteiger charge is 2.21. The second-order valence-corrected chi connectivity index (χ2v) is 6.16. The maximum Gasteiger partial charge on any atom is 0.306 e. The van der Waals surface area contributed by atoms with Crippen molar-refractivity contribution < 1.29 is 9.53 Å². The van der Waals surface area contributed by atoms with Crippen molar-refractivity contribution in [3.63, 3.8) is 0 Å². The van der Waals surface area contributed by atoms with Gasteiger partial charge in [-0.25, -0.2) is 0 Å². The van der Waals surface area contributed by atoms with E-state index in [0.717, 1.165) is 33.7 Å². The molecule has 0 aliphatic heterocycles. The van der Waals surface area contributed by atoms with Gasteiger partial charge in [0, 0.05) is 16.8 Å². The van der Waals surface area contributed by atoms with Crippen LogP contribution in [0.5, 0.6) is 0 Å². The van der Waals surface area contributed by atoms with Crippen LogP contribution in [0.1, 0.15) is 31.2 Å². The fraction of sp³-hybridized carbons (Fsp3) is 0.316. The second-order valence-electron chi connectivity index (χ2n) is 5.75. The third kappa shape index (κ3) is 3.89. The molecule has 0 atom stereocenters. The highest BCUT2D eigenvalue weighted by atomic mass is 35.5. The molecule has 114 valence electrons. The first-order valence-electron chi connectivity index (χ1n) is 7.73. The number of esters is 1. The Bertz CT molecular complexity index is 702. The zero-order valence-electron chi connectivity index (χ0n) is 12.4. The molecule has 0 aromatic heterocycles. The van der Waals surface area contributed by atoms with Crippen LogP contribution in [-0.2, 0) is 9.53 Å². The first-order chi connectivity index (χ1) is 10.7. The summed E-state index contributed by atoms with van der Waals surface area (Å²) in [5, 5.41) is 2.89. The van der Waals surface area contributed by atoms with Crippen LogP contribution in [0.25, 0.3) is 16.8 Å². The molecule has 3 rings (SSSR count). The predicted molar refractivity (Wildman–Crippen MR) is 90.9 cm³/mol. The number of carbonyl (C=O) groups is 1. The van der Waals surface area contributed by atoms with Crippen LogP contribution in [0.3, 0.4) is 0 Å². The van der Waals surface area contributed by atoms with E-state index in [4.69, 9.17) is 16.3 Å². The molecule has 1 aliphatic rings. The Kier molecular flexibility index (Phi) is 4.79. The molecule has 1 fully saturated rings. The van der Waals surface area contributed by atoms with Crippen molar-refractivity contribution in [1.82, 2.24) is 0 Å². The summed E-state index contributed by atoms with van der Waals surface area (Å²) in [7, 11) is 0. The fourth-order valence-corrected chi connectivity index (χ4v) is 2.78. The van der Waals surface area contributed by atoms with Gasteiger partial charge in [-0.1, -0.05) is 60.9 Å². The van der Waals surface area contributed by atoms with Gasteiger partial charge in [0.05, 0.1) is 0 Å². The second kappa shape index (κ2) is 6.97. The van der Waals surface area contributed by atoms with Crippen LogP contribution in [0.15, 0.2) is 42.5 Å². The standard InChI is InChI=1S/C19H19ClO2/c20-18-11-10-15(16-5-1-2-6-17(16)18)4-3-13-22-19(21)12-9-14-7-8-14/h1-6,10-11,14H,7-9,12-13H2/b4-3+. The molecule has 0 heterocycles. The van der Waals surface area contributed by atoms with E-state index in [9.17, 15) is 4.79 Å². The molecule has 0 spiro atoms. The first-order valence-corrected chi connectivity index (χ1v) is 8.11. The Labute approximate surface area is 135 Å². The lowest BCUT2D eigenvalue weighted by molar-refractivity contribution is -0.142. The summed E-state index contributed by atoms with van der Waals surface area (Å²) < 4.78 is 5.23. The van der Waals surface area contributed by atoms with Crippen molar-refractivity contribution in [3.05, 3.63) is 53.1 Å². The van der Waals surface area contributed by atoms with Crippen molar-refractivity contribution >= 4 is 34.4 Å². The monoisotopic (exact) mass is 314 g/mol. The van der Waals surface area contributed by atoms with Gasteiger partial charge in [0.2, 0.25) is 0 Å². The minimum absolute atomic E-state index is 0.0995. The third-order valence-corrected chi connectivity index (χ3v) is 4.33. The van der Waals surface area contributed by atoms with Gasteiger partial charge in [-0.3, -0.25) is 4.79 Å². The topological polar surface area (TPSA) is 26.3 Å².